The Balaban J connectivity index is 2.52. The van der Waals surface area contributed by atoms with Crippen LogP contribution in [-0.4, -0.2) is 18.8 Å². The Morgan fingerprint density at radius 2 is 1.84 bits per heavy atom. The van der Waals surface area contributed by atoms with Gasteiger partial charge >= 0.3 is 6.18 Å². The SMILES string of the molecule is CCCNC(CCC(F)(F)F)C1CCC(C)C(C)C1. The number of nitrogens with one attached hydrogen (secondary N) is 1. The van der Waals surface area contributed by atoms with Crippen molar-refractivity contribution in [2.45, 2.75) is 71.5 Å². The predicted octanol–water partition coefficient (Wildman–Crippen LogP) is 4.77. The van der Waals surface area contributed by atoms with Gasteiger partial charge in [-0.3, -0.25) is 0 Å². The normalized spacial score (nSPS) is 30.3. The lowest BCUT2D eigenvalue weighted by Gasteiger charge is -2.37. The molecule has 1 saturated carbocycles. The molecule has 1 nitrogen and oxygen atoms in total. The lowest BCUT2D eigenvalue weighted by atomic mass is 9.72. The molecular formula is C15H28F3N. The molecule has 4 unspecified atom stereocenters. The lowest BCUT2D eigenvalue weighted by Crippen LogP contribution is -2.40. The summed E-state index contributed by atoms with van der Waals surface area (Å²) in [6.45, 7) is 7.37. The second-order valence-corrected chi connectivity index (χ2v) is 6.24. The quantitative estimate of drug-likeness (QED) is 0.738. The molecule has 4 atom stereocenters. The maximum Gasteiger partial charge on any atom is 0.389 e. The summed E-state index contributed by atoms with van der Waals surface area (Å²) < 4.78 is 37.2. The van der Waals surface area contributed by atoms with Crippen LogP contribution in [0.4, 0.5) is 13.2 Å². The van der Waals surface area contributed by atoms with Crippen molar-refractivity contribution in [1.82, 2.24) is 5.32 Å². The van der Waals surface area contributed by atoms with Crippen molar-refractivity contribution >= 4 is 0 Å². The average Bonchev–Trinajstić information content (AvgIpc) is 2.32. The highest BCUT2D eigenvalue weighted by Gasteiger charge is 2.33. The maximum atomic E-state index is 12.4. The van der Waals surface area contributed by atoms with Gasteiger partial charge in [0.2, 0.25) is 0 Å². The van der Waals surface area contributed by atoms with Crippen molar-refractivity contribution in [3.05, 3.63) is 0 Å². The Labute approximate surface area is 115 Å². The fraction of sp³-hybridized carbons (Fsp3) is 1.00. The molecule has 0 radical (unpaired) electrons. The van der Waals surface area contributed by atoms with Gasteiger partial charge in [-0.25, -0.2) is 0 Å². The van der Waals surface area contributed by atoms with E-state index in [0.29, 0.717) is 17.8 Å². The summed E-state index contributed by atoms with van der Waals surface area (Å²) in [5, 5.41) is 3.35. The van der Waals surface area contributed by atoms with Gasteiger partial charge in [-0.15, -0.1) is 0 Å². The van der Waals surface area contributed by atoms with Gasteiger partial charge in [0.25, 0.3) is 0 Å². The third kappa shape index (κ3) is 6.15. The molecule has 0 bridgehead atoms. The van der Waals surface area contributed by atoms with Gasteiger partial charge in [0.15, 0.2) is 0 Å². The highest BCUT2D eigenvalue weighted by atomic mass is 19.4. The van der Waals surface area contributed by atoms with E-state index in [1.807, 2.05) is 0 Å². The highest BCUT2D eigenvalue weighted by Crippen LogP contribution is 2.37. The summed E-state index contributed by atoms with van der Waals surface area (Å²) in [4.78, 5) is 0. The summed E-state index contributed by atoms with van der Waals surface area (Å²) in [6.07, 6.45) is -0.182. The fourth-order valence-electron chi connectivity index (χ4n) is 3.11. The first-order valence-corrected chi connectivity index (χ1v) is 7.63. The molecule has 0 aromatic heterocycles. The van der Waals surface area contributed by atoms with Crippen LogP contribution in [-0.2, 0) is 0 Å². The van der Waals surface area contributed by atoms with Crippen molar-refractivity contribution in [3.63, 3.8) is 0 Å². The monoisotopic (exact) mass is 279 g/mol. The summed E-state index contributed by atoms with van der Waals surface area (Å²) in [6, 6.07) is 0.0384. The van der Waals surface area contributed by atoms with E-state index in [1.165, 1.54) is 0 Å². The molecule has 0 aromatic carbocycles. The van der Waals surface area contributed by atoms with Crippen LogP contribution in [0.2, 0.25) is 0 Å². The third-order valence-corrected chi connectivity index (χ3v) is 4.60. The van der Waals surface area contributed by atoms with E-state index in [1.54, 1.807) is 0 Å². The van der Waals surface area contributed by atoms with E-state index in [-0.39, 0.29) is 12.5 Å². The fourth-order valence-corrected chi connectivity index (χ4v) is 3.11. The van der Waals surface area contributed by atoms with Gasteiger partial charge < -0.3 is 5.32 Å². The van der Waals surface area contributed by atoms with Crippen molar-refractivity contribution in [3.8, 4) is 0 Å². The van der Waals surface area contributed by atoms with Crippen LogP contribution < -0.4 is 5.32 Å². The number of alkyl halides is 3. The van der Waals surface area contributed by atoms with Crippen LogP contribution in [0.5, 0.6) is 0 Å². The van der Waals surface area contributed by atoms with Gasteiger partial charge in [0, 0.05) is 12.5 Å². The van der Waals surface area contributed by atoms with Crippen molar-refractivity contribution in [1.29, 1.82) is 0 Å². The molecule has 0 amide bonds. The first-order valence-electron chi connectivity index (χ1n) is 7.63. The molecule has 1 aliphatic rings. The Morgan fingerprint density at radius 1 is 1.16 bits per heavy atom. The molecule has 1 fully saturated rings. The van der Waals surface area contributed by atoms with E-state index in [4.69, 9.17) is 0 Å². The van der Waals surface area contributed by atoms with E-state index in [2.05, 4.69) is 26.1 Å². The zero-order valence-corrected chi connectivity index (χ0v) is 12.4. The molecule has 0 aliphatic heterocycles. The van der Waals surface area contributed by atoms with E-state index in [0.717, 1.165) is 32.2 Å². The Kier molecular flexibility index (Phi) is 6.64. The minimum Gasteiger partial charge on any atom is -0.314 e. The van der Waals surface area contributed by atoms with E-state index >= 15 is 0 Å². The zero-order valence-electron chi connectivity index (χ0n) is 12.4. The summed E-state index contributed by atoms with van der Waals surface area (Å²) >= 11 is 0. The molecule has 0 saturated heterocycles. The summed E-state index contributed by atoms with van der Waals surface area (Å²) in [5.41, 5.74) is 0. The van der Waals surface area contributed by atoms with Crippen LogP contribution in [0.15, 0.2) is 0 Å². The lowest BCUT2D eigenvalue weighted by molar-refractivity contribution is -0.137. The van der Waals surface area contributed by atoms with Crippen LogP contribution in [0.25, 0.3) is 0 Å². The molecule has 4 heteroatoms. The van der Waals surface area contributed by atoms with Gasteiger partial charge in [-0.1, -0.05) is 27.2 Å². The first kappa shape index (κ1) is 16.8. The van der Waals surface area contributed by atoms with Crippen LogP contribution in [0.1, 0.15) is 59.3 Å². The molecule has 0 spiro atoms. The van der Waals surface area contributed by atoms with Gasteiger partial charge in [0.1, 0.15) is 0 Å². The molecule has 114 valence electrons. The largest absolute Gasteiger partial charge is 0.389 e. The number of rotatable bonds is 6. The topological polar surface area (TPSA) is 12.0 Å². The van der Waals surface area contributed by atoms with Gasteiger partial charge in [-0.2, -0.15) is 13.2 Å². The van der Waals surface area contributed by atoms with Crippen LogP contribution in [0.3, 0.4) is 0 Å². The Hall–Kier alpha value is -0.250. The smallest absolute Gasteiger partial charge is 0.314 e. The van der Waals surface area contributed by atoms with E-state index in [9.17, 15) is 13.2 Å². The summed E-state index contributed by atoms with van der Waals surface area (Å²) in [7, 11) is 0. The van der Waals surface area contributed by atoms with Gasteiger partial charge in [-0.05, 0) is 50.0 Å². The van der Waals surface area contributed by atoms with Crippen LogP contribution in [0, 0.1) is 17.8 Å². The van der Waals surface area contributed by atoms with Crippen molar-refractivity contribution < 1.29 is 13.2 Å². The molecule has 0 heterocycles. The molecule has 1 rings (SSSR count). The predicted molar refractivity (Wildman–Crippen MR) is 73.0 cm³/mol. The first-order chi connectivity index (χ1) is 8.83. The summed E-state index contributed by atoms with van der Waals surface area (Å²) in [5.74, 6) is 1.77. The molecule has 1 N–H and O–H groups in total. The minimum absolute atomic E-state index is 0.0384. The molecule has 1 aliphatic carbocycles. The maximum absolute atomic E-state index is 12.4. The van der Waals surface area contributed by atoms with Crippen molar-refractivity contribution in [2.24, 2.45) is 17.8 Å². The standard InChI is InChI=1S/C15H28F3N/c1-4-9-19-14(7-8-15(16,17)18)13-6-5-11(2)12(3)10-13/h11-14,19H,4-10H2,1-3H3. The van der Waals surface area contributed by atoms with Crippen molar-refractivity contribution in [2.75, 3.05) is 6.54 Å². The molecule has 19 heavy (non-hydrogen) atoms. The number of hydrogen-bond acceptors (Lipinski definition) is 1. The number of halogens is 3. The Morgan fingerprint density at radius 3 is 2.37 bits per heavy atom. The van der Waals surface area contributed by atoms with Crippen LogP contribution >= 0.6 is 0 Å². The van der Waals surface area contributed by atoms with E-state index < -0.39 is 12.6 Å². The second-order valence-electron chi connectivity index (χ2n) is 6.24. The minimum atomic E-state index is -4.03. The Bertz CT molecular complexity index is 252. The molecular weight excluding hydrogens is 251 g/mol. The average molecular weight is 279 g/mol. The van der Waals surface area contributed by atoms with Gasteiger partial charge in [0.05, 0.1) is 0 Å². The number of hydrogen-bond donors (Lipinski definition) is 1. The second kappa shape index (κ2) is 7.51. The third-order valence-electron chi connectivity index (χ3n) is 4.60. The molecule has 0 aromatic rings. The highest BCUT2D eigenvalue weighted by molar-refractivity contribution is 4.84. The zero-order chi connectivity index (χ0) is 14.5.